The fourth-order valence-corrected chi connectivity index (χ4v) is 1.72. The van der Waals surface area contributed by atoms with Crippen molar-refractivity contribution < 1.29 is 9.90 Å². The van der Waals surface area contributed by atoms with Gasteiger partial charge in [-0.15, -0.1) is 0 Å². The van der Waals surface area contributed by atoms with E-state index in [1.165, 1.54) is 0 Å². The average molecular weight is 200 g/mol. The van der Waals surface area contributed by atoms with E-state index in [2.05, 4.69) is 20.8 Å². The van der Waals surface area contributed by atoms with Crippen LogP contribution in [-0.2, 0) is 4.79 Å². The molecule has 0 rings (SSSR count). The summed E-state index contributed by atoms with van der Waals surface area (Å²) in [5, 5.41) is 9.33. The van der Waals surface area contributed by atoms with E-state index in [0.29, 0.717) is 6.42 Å². The topological polar surface area (TPSA) is 37.3 Å². The van der Waals surface area contributed by atoms with Crippen LogP contribution in [0.3, 0.4) is 0 Å². The molecule has 0 amide bonds. The molecule has 2 heteroatoms. The molecule has 14 heavy (non-hydrogen) atoms. The van der Waals surface area contributed by atoms with Gasteiger partial charge in [0.05, 0.1) is 5.41 Å². The van der Waals surface area contributed by atoms with Crippen molar-refractivity contribution >= 4 is 5.97 Å². The minimum Gasteiger partial charge on any atom is -0.481 e. The number of carboxylic acids is 1. The third-order valence-corrected chi connectivity index (χ3v) is 3.01. The Morgan fingerprint density at radius 2 is 1.36 bits per heavy atom. The van der Waals surface area contributed by atoms with Gasteiger partial charge in [-0.05, 0) is 24.2 Å². The Morgan fingerprint density at radius 3 is 1.43 bits per heavy atom. The van der Waals surface area contributed by atoms with Crippen LogP contribution in [0.4, 0.5) is 0 Å². The summed E-state index contributed by atoms with van der Waals surface area (Å²) in [7, 11) is 0. The fraction of sp³-hybridized carbons (Fsp3) is 0.917. The van der Waals surface area contributed by atoms with E-state index in [9.17, 15) is 9.90 Å². The maximum atomic E-state index is 11.3. The molecular weight excluding hydrogens is 176 g/mol. The van der Waals surface area contributed by atoms with E-state index < -0.39 is 11.4 Å². The van der Waals surface area contributed by atoms with E-state index in [1.807, 2.05) is 27.7 Å². The van der Waals surface area contributed by atoms with Crippen molar-refractivity contribution in [1.82, 2.24) is 0 Å². The molecule has 0 aliphatic carbocycles. The summed E-state index contributed by atoms with van der Waals surface area (Å²) < 4.78 is 0. The minimum atomic E-state index is -0.695. The minimum absolute atomic E-state index is 0.0421. The molecule has 0 aliphatic rings. The van der Waals surface area contributed by atoms with Gasteiger partial charge in [0.2, 0.25) is 0 Å². The standard InChI is InChI=1S/C12H24O2/c1-10(2,3)8-12(7,9(13)14)11(4,5)6/h8H2,1-7H3,(H,13,14). The van der Waals surface area contributed by atoms with Crippen LogP contribution in [0.15, 0.2) is 0 Å². The second kappa shape index (κ2) is 3.56. The van der Waals surface area contributed by atoms with Crippen molar-refractivity contribution in [2.75, 3.05) is 0 Å². The zero-order valence-electron chi connectivity index (χ0n) is 10.6. The molecule has 0 saturated carbocycles. The molecular formula is C12H24O2. The zero-order valence-corrected chi connectivity index (χ0v) is 10.6. The van der Waals surface area contributed by atoms with Crippen molar-refractivity contribution in [1.29, 1.82) is 0 Å². The molecule has 0 radical (unpaired) electrons. The highest BCUT2D eigenvalue weighted by Gasteiger charge is 2.46. The van der Waals surface area contributed by atoms with Crippen molar-refractivity contribution in [3.8, 4) is 0 Å². The maximum absolute atomic E-state index is 11.3. The van der Waals surface area contributed by atoms with E-state index in [-0.39, 0.29) is 10.8 Å². The van der Waals surface area contributed by atoms with Crippen LogP contribution in [0.2, 0.25) is 0 Å². The Bertz CT molecular complexity index is 217. The SMILES string of the molecule is CC(C)(C)CC(C)(C(=O)O)C(C)(C)C. The van der Waals surface area contributed by atoms with E-state index in [0.717, 1.165) is 0 Å². The summed E-state index contributed by atoms with van der Waals surface area (Å²) in [6.45, 7) is 14.1. The van der Waals surface area contributed by atoms with E-state index in [4.69, 9.17) is 0 Å². The first kappa shape index (κ1) is 13.5. The van der Waals surface area contributed by atoms with Crippen molar-refractivity contribution in [2.24, 2.45) is 16.2 Å². The predicted octanol–water partition coefficient (Wildman–Crippen LogP) is 3.56. The summed E-state index contributed by atoms with van der Waals surface area (Å²) in [4.78, 5) is 11.3. The Balaban J connectivity index is 5.04. The van der Waals surface area contributed by atoms with E-state index in [1.54, 1.807) is 0 Å². The zero-order chi connectivity index (χ0) is 11.8. The third-order valence-electron chi connectivity index (χ3n) is 3.01. The lowest BCUT2D eigenvalue weighted by Gasteiger charge is -2.42. The van der Waals surface area contributed by atoms with Crippen molar-refractivity contribution in [3.05, 3.63) is 0 Å². The summed E-state index contributed by atoms with van der Waals surface area (Å²) in [6.07, 6.45) is 0.693. The molecule has 0 spiro atoms. The van der Waals surface area contributed by atoms with E-state index >= 15 is 0 Å². The number of rotatable bonds is 2. The second-order valence-corrected chi connectivity index (χ2v) is 6.62. The molecule has 0 bridgehead atoms. The predicted molar refractivity (Wildman–Crippen MR) is 59.3 cm³/mol. The summed E-state index contributed by atoms with van der Waals surface area (Å²) in [6, 6.07) is 0. The largest absolute Gasteiger partial charge is 0.481 e. The molecule has 0 fully saturated rings. The van der Waals surface area contributed by atoms with Gasteiger partial charge >= 0.3 is 5.97 Å². The molecule has 0 aromatic heterocycles. The molecule has 2 nitrogen and oxygen atoms in total. The maximum Gasteiger partial charge on any atom is 0.309 e. The smallest absolute Gasteiger partial charge is 0.309 e. The van der Waals surface area contributed by atoms with Gasteiger partial charge in [-0.1, -0.05) is 41.5 Å². The second-order valence-electron chi connectivity index (χ2n) is 6.62. The first-order valence-electron chi connectivity index (χ1n) is 5.13. The van der Waals surface area contributed by atoms with Crippen LogP contribution in [0.5, 0.6) is 0 Å². The van der Waals surface area contributed by atoms with Gasteiger partial charge in [0.25, 0.3) is 0 Å². The molecule has 0 aromatic carbocycles. The fourth-order valence-electron chi connectivity index (χ4n) is 1.72. The highest BCUT2D eigenvalue weighted by Crippen LogP contribution is 2.46. The lowest BCUT2D eigenvalue weighted by atomic mass is 9.61. The molecule has 0 aliphatic heterocycles. The van der Waals surface area contributed by atoms with Gasteiger partial charge in [0.1, 0.15) is 0 Å². The van der Waals surface area contributed by atoms with Gasteiger partial charge in [0, 0.05) is 0 Å². The first-order valence-corrected chi connectivity index (χ1v) is 5.13. The Hall–Kier alpha value is -0.530. The molecule has 1 atom stereocenters. The van der Waals surface area contributed by atoms with Gasteiger partial charge in [-0.3, -0.25) is 4.79 Å². The van der Waals surface area contributed by atoms with Gasteiger partial charge in [-0.2, -0.15) is 0 Å². The number of carboxylic acid groups (broad SMARTS) is 1. The van der Waals surface area contributed by atoms with Crippen molar-refractivity contribution in [2.45, 2.75) is 54.9 Å². The lowest BCUT2D eigenvalue weighted by molar-refractivity contribution is -0.157. The highest BCUT2D eigenvalue weighted by atomic mass is 16.4. The van der Waals surface area contributed by atoms with Crippen molar-refractivity contribution in [3.63, 3.8) is 0 Å². The summed E-state index contributed by atoms with van der Waals surface area (Å²) in [5.74, 6) is -0.695. The number of aliphatic carboxylic acids is 1. The van der Waals surface area contributed by atoms with Crippen LogP contribution in [0, 0.1) is 16.2 Å². The monoisotopic (exact) mass is 200 g/mol. The number of hydrogen-bond donors (Lipinski definition) is 1. The van der Waals surface area contributed by atoms with Crippen LogP contribution < -0.4 is 0 Å². The molecule has 1 N–H and O–H groups in total. The van der Waals surface area contributed by atoms with Crippen LogP contribution in [0.1, 0.15) is 54.9 Å². The molecule has 1 unspecified atom stereocenters. The normalized spacial score (nSPS) is 17.6. The van der Waals surface area contributed by atoms with Crippen LogP contribution in [0.25, 0.3) is 0 Å². The highest BCUT2D eigenvalue weighted by molar-refractivity contribution is 5.75. The third kappa shape index (κ3) is 3.00. The number of carbonyl (C=O) groups is 1. The quantitative estimate of drug-likeness (QED) is 0.740. The first-order chi connectivity index (χ1) is 5.90. The molecule has 84 valence electrons. The molecule has 0 heterocycles. The Kier molecular flexibility index (Phi) is 3.42. The van der Waals surface area contributed by atoms with Gasteiger partial charge < -0.3 is 5.11 Å². The van der Waals surface area contributed by atoms with Crippen LogP contribution in [-0.4, -0.2) is 11.1 Å². The summed E-state index contributed by atoms with van der Waals surface area (Å²) in [5.41, 5.74) is -0.836. The van der Waals surface area contributed by atoms with Gasteiger partial charge in [0.15, 0.2) is 0 Å². The lowest BCUT2D eigenvalue weighted by Crippen LogP contribution is -2.43. The Morgan fingerprint density at radius 1 is 1.00 bits per heavy atom. The van der Waals surface area contributed by atoms with Crippen LogP contribution >= 0.6 is 0 Å². The number of hydrogen-bond acceptors (Lipinski definition) is 1. The summed E-state index contributed by atoms with van der Waals surface area (Å²) >= 11 is 0. The molecule has 0 saturated heterocycles. The molecule has 0 aromatic rings. The Labute approximate surface area is 87.7 Å². The van der Waals surface area contributed by atoms with Gasteiger partial charge in [-0.25, -0.2) is 0 Å². The average Bonchev–Trinajstić information content (AvgIpc) is 1.79.